The van der Waals surface area contributed by atoms with Gasteiger partial charge in [-0.15, -0.1) is 0 Å². The van der Waals surface area contributed by atoms with Crippen LogP contribution in [0.4, 0.5) is 0 Å². The van der Waals surface area contributed by atoms with Gasteiger partial charge in [-0.25, -0.2) is 28.4 Å². The second-order valence-electron chi connectivity index (χ2n) is 24.7. The number of hydrogen-bond acceptors (Lipinski definition) is 11. The first-order chi connectivity index (χ1) is 38.3. The maximum Gasteiger partial charge on any atom is 0.254 e. The lowest BCUT2D eigenvalue weighted by Crippen LogP contribution is -2.58. The Balaban J connectivity index is 0.721. The maximum absolute atomic E-state index is 15.0. The van der Waals surface area contributed by atoms with Gasteiger partial charge in [-0.1, -0.05) is 11.2 Å². The fraction of sp³-hybridized carbons (Fsp3) is 0.500. The molecule has 79 heavy (non-hydrogen) atoms. The summed E-state index contributed by atoms with van der Waals surface area (Å²) in [5, 5.41) is 2.01. The first-order valence-electron chi connectivity index (χ1n) is 28.5. The highest BCUT2D eigenvalue weighted by Crippen LogP contribution is 2.68. The zero-order valence-corrected chi connectivity index (χ0v) is 46.6. The number of likely N-dealkylation sites (tertiary alicyclic amines) is 2. The van der Waals surface area contributed by atoms with E-state index in [2.05, 4.69) is 47.8 Å². The zero-order chi connectivity index (χ0) is 53.5. The van der Waals surface area contributed by atoms with Crippen molar-refractivity contribution in [3.05, 3.63) is 83.7 Å². The number of pyridine rings is 2. The summed E-state index contributed by atoms with van der Waals surface area (Å²) < 4.78 is 59.0. The minimum atomic E-state index is -3.34. The van der Waals surface area contributed by atoms with Crippen LogP contribution in [-0.4, -0.2) is 136 Å². The first-order valence-corrected chi connectivity index (χ1v) is 32.3. The molecule has 6 aliphatic carbocycles. The Morgan fingerprint density at radius 1 is 0.684 bits per heavy atom. The lowest BCUT2D eigenvalue weighted by atomic mass is 9.46. The number of hydrogen-bond donors (Lipinski definition) is 0. The molecule has 8 fully saturated rings. The van der Waals surface area contributed by atoms with Gasteiger partial charge in [-0.05, 0) is 153 Å². The molecule has 19 heteroatoms. The maximum atomic E-state index is 15.0. The molecule has 0 N–H and O–H groups in total. The van der Waals surface area contributed by atoms with Gasteiger partial charge in [0.05, 0.1) is 55.2 Å². The Kier molecular flexibility index (Phi) is 10.8. The summed E-state index contributed by atoms with van der Waals surface area (Å²) in [5.41, 5.74) is 8.48. The number of benzene rings is 2. The highest BCUT2D eigenvalue weighted by Gasteiger charge is 2.68. The summed E-state index contributed by atoms with van der Waals surface area (Å²) in [6.45, 7) is 3.68. The van der Waals surface area contributed by atoms with E-state index in [-0.39, 0.29) is 42.0 Å². The predicted octanol–water partition coefficient (Wildman–Crippen LogP) is 8.03. The van der Waals surface area contributed by atoms with E-state index >= 15 is 0 Å². The van der Waals surface area contributed by atoms with Gasteiger partial charge >= 0.3 is 0 Å². The molecule has 2 amide bonds. The highest BCUT2D eigenvalue weighted by atomic mass is 32.2. The number of aryl methyl sites for hydroxylation is 2. The summed E-state index contributed by atoms with van der Waals surface area (Å²) >= 11 is -1.06. The molecule has 2 aromatic carbocycles. The van der Waals surface area contributed by atoms with E-state index in [4.69, 9.17) is 29.4 Å². The van der Waals surface area contributed by atoms with E-state index in [9.17, 15) is 22.6 Å². The second kappa shape index (κ2) is 17.5. The minimum Gasteiger partial charge on any atom is -0.617 e. The van der Waals surface area contributed by atoms with Crippen LogP contribution in [0.5, 0.6) is 11.5 Å². The number of fused-ring (bicyclic) bond motifs is 4. The number of carbonyl (C=O) groups excluding carboxylic acids is 2. The number of methoxy groups -OCH3 is 2. The highest BCUT2D eigenvalue weighted by molar-refractivity contribution is 7.90. The minimum absolute atomic E-state index is 0.0511. The van der Waals surface area contributed by atoms with Crippen LogP contribution in [0.3, 0.4) is 0 Å². The third-order valence-corrected chi connectivity index (χ3v) is 21.7. The van der Waals surface area contributed by atoms with Crippen LogP contribution in [0.1, 0.15) is 77.3 Å². The summed E-state index contributed by atoms with van der Waals surface area (Å²) in [7, 11) is -0.0953. The van der Waals surface area contributed by atoms with Gasteiger partial charge in [-0.2, -0.15) is 0 Å². The molecule has 8 aromatic rings. The molecule has 408 valence electrons. The predicted molar refractivity (Wildman–Crippen MR) is 301 cm³/mol. The molecule has 0 bridgehead atoms. The van der Waals surface area contributed by atoms with Crippen molar-refractivity contribution in [3.8, 4) is 34.5 Å². The molecule has 2 aliphatic heterocycles. The molecule has 6 aromatic heterocycles. The van der Waals surface area contributed by atoms with Gasteiger partial charge in [0.2, 0.25) is 0 Å². The van der Waals surface area contributed by atoms with Gasteiger partial charge in [0.25, 0.3) is 11.8 Å². The van der Waals surface area contributed by atoms with Gasteiger partial charge in [0, 0.05) is 90.8 Å². The molecule has 4 unspecified atom stereocenters. The zero-order valence-electron chi connectivity index (χ0n) is 45.0. The van der Waals surface area contributed by atoms with Gasteiger partial charge in [0.1, 0.15) is 49.4 Å². The topological polar surface area (TPSA) is 188 Å². The molecule has 17 nitrogen and oxygen atoms in total. The van der Waals surface area contributed by atoms with E-state index in [1.807, 2.05) is 41.0 Å². The van der Waals surface area contributed by atoms with Crippen molar-refractivity contribution in [3.63, 3.8) is 0 Å². The van der Waals surface area contributed by atoms with Crippen molar-refractivity contribution in [2.75, 3.05) is 51.3 Å². The van der Waals surface area contributed by atoms with Gasteiger partial charge in [-0.3, -0.25) is 9.59 Å². The van der Waals surface area contributed by atoms with Gasteiger partial charge in [0.15, 0.2) is 11.6 Å². The van der Waals surface area contributed by atoms with E-state index in [1.54, 1.807) is 26.7 Å². The molecule has 8 aliphatic rings. The van der Waals surface area contributed by atoms with Crippen molar-refractivity contribution in [2.45, 2.75) is 89.1 Å². The van der Waals surface area contributed by atoms with Crippen molar-refractivity contribution >= 4 is 77.0 Å². The van der Waals surface area contributed by atoms with Crippen LogP contribution in [0.15, 0.2) is 66.9 Å². The molecular formula is C60H64N10O7S2. The summed E-state index contributed by atoms with van der Waals surface area (Å²) in [6.07, 6.45) is 12.6. The van der Waals surface area contributed by atoms with E-state index in [1.165, 1.54) is 12.7 Å². The number of rotatable bonds is 17. The molecule has 8 heterocycles. The molecule has 0 spiro atoms. The van der Waals surface area contributed by atoms with Crippen molar-refractivity contribution in [1.82, 2.24) is 48.0 Å². The largest absolute Gasteiger partial charge is 0.617 e. The Bertz CT molecular complexity index is 4020. The number of sulfone groups is 1. The quantitative estimate of drug-likeness (QED) is 0.0804. The van der Waals surface area contributed by atoms with Crippen LogP contribution >= 0.6 is 0 Å². The third kappa shape index (κ3) is 7.52. The monoisotopic (exact) mass is 1100 g/mol. The normalized spacial score (nSPS) is 26.8. The summed E-state index contributed by atoms with van der Waals surface area (Å²) in [4.78, 5) is 54.4. The van der Waals surface area contributed by atoms with Crippen molar-refractivity contribution in [2.24, 2.45) is 47.3 Å². The van der Waals surface area contributed by atoms with Crippen LogP contribution in [-0.2, 0) is 47.2 Å². The fourth-order valence-corrected chi connectivity index (χ4v) is 16.8. The molecule has 10 atom stereocenters. The van der Waals surface area contributed by atoms with Crippen molar-refractivity contribution < 1.29 is 32.0 Å². The number of ether oxygens (including phenoxy) is 2. The molecule has 0 radical (unpaired) electrons. The van der Waals surface area contributed by atoms with Gasteiger partial charge < -0.3 is 42.1 Å². The van der Waals surface area contributed by atoms with Crippen LogP contribution in [0, 0.1) is 47.3 Å². The fourth-order valence-electron chi connectivity index (χ4n) is 15.8. The summed E-state index contributed by atoms with van der Waals surface area (Å²) in [6, 6.07) is 20.7. The van der Waals surface area contributed by atoms with E-state index in [0.717, 1.165) is 115 Å². The SMILES string of the molecule is COc1cc(C(=O)N2C[C@H]3C(c4ccc5cc(-c6nc7cc(C(=O)N8C[C@H]9CC%10C[C@@H]8[C@H]%109)cc(OC)c7n6CC[S+](C)[O-])n(CC6CC6)c5n4)C4C[C@@H]2[C@H]43)cc2nc(-c3cc4cccnc4n3CC3CC3)n(CCS(C)(=O)=O)c12. The van der Waals surface area contributed by atoms with Crippen LogP contribution in [0.25, 0.3) is 67.2 Å². The van der Waals surface area contributed by atoms with Crippen LogP contribution < -0.4 is 9.47 Å². The van der Waals surface area contributed by atoms with E-state index < -0.39 is 21.0 Å². The van der Waals surface area contributed by atoms with E-state index in [0.29, 0.717) is 105 Å². The molecular weight excluding hydrogens is 1040 g/mol. The number of aromatic nitrogens is 8. The Hall–Kier alpha value is -6.44. The smallest absolute Gasteiger partial charge is 0.254 e. The lowest BCUT2D eigenvalue weighted by molar-refractivity contribution is -0.0486. The second-order valence-corrected chi connectivity index (χ2v) is 28.5. The number of nitrogens with zero attached hydrogens (tertiary/aromatic N) is 10. The molecule has 16 rings (SSSR count). The molecule has 6 saturated carbocycles. The molecule has 2 saturated heterocycles. The Morgan fingerprint density at radius 2 is 1.29 bits per heavy atom. The lowest BCUT2D eigenvalue weighted by Gasteiger charge is -2.58. The third-order valence-electron chi connectivity index (χ3n) is 20.0. The summed E-state index contributed by atoms with van der Waals surface area (Å²) in [5.74, 6) is 7.25. The Morgan fingerprint density at radius 3 is 1.89 bits per heavy atom. The van der Waals surface area contributed by atoms with Crippen molar-refractivity contribution in [1.29, 1.82) is 0 Å². The van der Waals surface area contributed by atoms with Crippen LogP contribution in [0.2, 0.25) is 0 Å². The first kappa shape index (κ1) is 48.5. The Labute approximate surface area is 460 Å². The standard InChI is InChI=1S/C60H64N10O7S2/c1-76-48-24-36(59(71)69-29-38-18-35-23-44(69)50(35)38)19-42-53(48)65(14-16-78(3)73)57(63-42)47-22-34-11-12-41(62-56(34)68(47)28-32-9-10-32)51-39-26-45-52(39)40(51)30-70(45)60(72)37-20-43-54(49(25-37)77-2)66(15-17-79(4,74)75)58(64-43)46-21-33-6-5-13-61-55(33)67(46)27-31-7-8-31/h5-6,11-13,19-22,24-25,31-32,35,38-40,44-45,50-52H,7-10,14-18,23,26-30H2,1-4H3/t35?,38-,39?,40+,44-,45-,50-,51?,52-,78?/m1/s1. The average Bonchev–Trinajstić information content (AvgIpc) is 2.27. The number of imidazole rings is 2. The number of amides is 2. The number of carbonyl (C=O) groups is 2. The average molecular weight is 1100 g/mol.